The van der Waals surface area contributed by atoms with Crippen LogP contribution in [0.1, 0.15) is 22.3 Å². The minimum atomic E-state index is 0.0514. The van der Waals surface area contributed by atoms with E-state index < -0.39 is 0 Å². The summed E-state index contributed by atoms with van der Waals surface area (Å²) in [6.45, 7) is 1.02. The van der Waals surface area contributed by atoms with Crippen molar-refractivity contribution >= 4 is 5.78 Å². The van der Waals surface area contributed by atoms with E-state index in [0.29, 0.717) is 30.9 Å². The molecule has 0 amide bonds. The highest BCUT2D eigenvalue weighted by atomic mass is 16.5. The van der Waals surface area contributed by atoms with Crippen LogP contribution in [0, 0.1) is 0 Å². The molecular weight excluding hydrogens is 206 g/mol. The summed E-state index contributed by atoms with van der Waals surface area (Å²) in [6.07, 6.45) is 1.19. The van der Waals surface area contributed by atoms with Gasteiger partial charge >= 0.3 is 0 Å². The van der Waals surface area contributed by atoms with Gasteiger partial charge in [-0.3, -0.25) is 4.79 Å². The Bertz CT molecular complexity index is 415. The van der Waals surface area contributed by atoms with Gasteiger partial charge in [0.05, 0.1) is 13.7 Å². The first kappa shape index (κ1) is 11.0. The lowest BCUT2D eigenvalue weighted by atomic mass is 10.0. The highest BCUT2D eigenvalue weighted by Gasteiger charge is 2.20. The van der Waals surface area contributed by atoms with Gasteiger partial charge in [-0.15, -0.1) is 0 Å². The number of Topliss-reactive ketones (excluding diaryl/α,β-unsaturated/α-hetero) is 1. The summed E-state index contributed by atoms with van der Waals surface area (Å²) >= 11 is 0. The molecule has 1 aliphatic heterocycles. The Hall–Kier alpha value is -1.55. The largest absolute Gasteiger partial charge is 0.493 e. The first-order valence-corrected chi connectivity index (χ1v) is 5.33. The van der Waals surface area contributed by atoms with Gasteiger partial charge in [0.1, 0.15) is 0 Å². The van der Waals surface area contributed by atoms with Crippen LogP contribution in [0.4, 0.5) is 0 Å². The maximum absolute atomic E-state index is 11.7. The van der Waals surface area contributed by atoms with Gasteiger partial charge in [-0.2, -0.15) is 0 Å². The second kappa shape index (κ2) is 4.53. The first-order valence-electron chi connectivity index (χ1n) is 5.33. The molecular formula is C12H15NO3. The van der Waals surface area contributed by atoms with Crippen molar-refractivity contribution in [3.63, 3.8) is 0 Å². The number of nitrogens with two attached hydrogens (primary N) is 1. The molecule has 4 heteroatoms. The molecule has 0 saturated heterocycles. The minimum absolute atomic E-state index is 0.0514. The molecule has 0 spiro atoms. The monoisotopic (exact) mass is 221 g/mol. The molecule has 0 unspecified atom stereocenters. The van der Waals surface area contributed by atoms with Crippen molar-refractivity contribution in [2.24, 2.45) is 5.73 Å². The Morgan fingerprint density at radius 1 is 1.56 bits per heavy atom. The summed E-state index contributed by atoms with van der Waals surface area (Å²) in [5.41, 5.74) is 7.07. The Kier molecular flexibility index (Phi) is 3.10. The molecule has 0 saturated carbocycles. The molecule has 0 radical (unpaired) electrons. The van der Waals surface area contributed by atoms with Crippen LogP contribution >= 0.6 is 0 Å². The van der Waals surface area contributed by atoms with E-state index in [4.69, 9.17) is 15.2 Å². The van der Waals surface area contributed by atoms with E-state index in [1.807, 2.05) is 6.07 Å². The summed E-state index contributed by atoms with van der Waals surface area (Å²) in [4.78, 5) is 11.7. The van der Waals surface area contributed by atoms with Gasteiger partial charge in [0.25, 0.3) is 0 Å². The van der Waals surface area contributed by atoms with E-state index in [-0.39, 0.29) is 5.78 Å². The summed E-state index contributed by atoms with van der Waals surface area (Å²) in [6, 6.07) is 3.60. The van der Waals surface area contributed by atoms with E-state index in [2.05, 4.69) is 0 Å². The average molecular weight is 221 g/mol. The van der Waals surface area contributed by atoms with Crippen LogP contribution in [0.15, 0.2) is 12.1 Å². The summed E-state index contributed by atoms with van der Waals surface area (Å²) in [5.74, 6) is 1.46. The molecule has 0 aliphatic carbocycles. The number of methoxy groups -OCH3 is 1. The molecule has 0 aromatic heterocycles. The fraction of sp³-hybridized carbons (Fsp3) is 0.417. The average Bonchev–Trinajstić information content (AvgIpc) is 2.75. The second-order valence-electron chi connectivity index (χ2n) is 3.73. The van der Waals surface area contributed by atoms with Crippen LogP contribution in [-0.4, -0.2) is 26.0 Å². The van der Waals surface area contributed by atoms with Gasteiger partial charge in [-0.1, -0.05) is 0 Å². The zero-order valence-corrected chi connectivity index (χ0v) is 9.29. The summed E-state index contributed by atoms with van der Waals surface area (Å²) < 4.78 is 10.7. The second-order valence-corrected chi connectivity index (χ2v) is 3.73. The van der Waals surface area contributed by atoms with Crippen LogP contribution < -0.4 is 15.2 Å². The SMILES string of the molecule is COc1cc(C(=O)CCN)cc2c1OCC2. The molecule has 4 nitrogen and oxygen atoms in total. The normalized spacial score (nSPS) is 13.1. The third-order valence-electron chi connectivity index (χ3n) is 2.66. The molecule has 1 heterocycles. The maximum Gasteiger partial charge on any atom is 0.164 e. The van der Waals surface area contributed by atoms with E-state index in [1.54, 1.807) is 13.2 Å². The van der Waals surface area contributed by atoms with Gasteiger partial charge in [0, 0.05) is 24.0 Å². The van der Waals surface area contributed by atoms with E-state index >= 15 is 0 Å². The van der Waals surface area contributed by atoms with Gasteiger partial charge in [0.2, 0.25) is 0 Å². The number of carbonyl (C=O) groups is 1. The third-order valence-corrected chi connectivity index (χ3v) is 2.66. The lowest BCUT2D eigenvalue weighted by Gasteiger charge is -2.09. The summed E-state index contributed by atoms with van der Waals surface area (Å²) in [5, 5.41) is 0. The highest BCUT2D eigenvalue weighted by molar-refractivity contribution is 5.97. The van der Waals surface area contributed by atoms with Crippen molar-refractivity contribution in [3.05, 3.63) is 23.3 Å². The fourth-order valence-corrected chi connectivity index (χ4v) is 1.86. The first-order chi connectivity index (χ1) is 7.76. The standard InChI is InChI=1S/C12H15NO3/c1-15-11-7-9(10(14)2-4-13)6-8-3-5-16-12(8)11/h6-7H,2-5,13H2,1H3. The highest BCUT2D eigenvalue weighted by Crippen LogP contribution is 2.36. The zero-order valence-electron chi connectivity index (χ0n) is 9.29. The molecule has 1 aromatic rings. The summed E-state index contributed by atoms with van der Waals surface area (Å²) in [7, 11) is 1.58. The van der Waals surface area contributed by atoms with Crippen molar-refractivity contribution in [3.8, 4) is 11.5 Å². The fourth-order valence-electron chi connectivity index (χ4n) is 1.86. The van der Waals surface area contributed by atoms with Crippen LogP contribution in [0.5, 0.6) is 11.5 Å². The van der Waals surface area contributed by atoms with E-state index in [9.17, 15) is 4.79 Å². The molecule has 86 valence electrons. The zero-order chi connectivity index (χ0) is 11.5. The number of carbonyl (C=O) groups excluding carboxylic acids is 1. The quantitative estimate of drug-likeness (QED) is 0.775. The number of ether oxygens (including phenoxy) is 2. The number of rotatable bonds is 4. The maximum atomic E-state index is 11.7. The van der Waals surface area contributed by atoms with Crippen molar-refractivity contribution in [1.29, 1.82) is 0 Å². The number of hydrogen-bond donors (Lipinski definition) is 1. The van der Waals surface area contributed by atoms with Crippen LogP contribution in [0.2, 0.25) is 0 Å². The Morgan fingerprint density at radius 3 is 3.06 bits per heavy atom. The van der Waals surface area contributed by atoms with Crippen molar-refractivity contribution in [2.45, 2.75) is 12.8 Å². The minimum Gasteiger partial charge on any atom is -0.493 e. The molecule has 2 rings (SSSR count). The van der Waals surface area contributed by atoms with Gasteiger partial charge in [-0.05, 0) is 18.7 Å². The molecule has 16 heavy (non-hydrogen) atoms. The van der Waals surface area contributed by atoms with Crippen molar-refractivity contribution in [1.82, 2.24) is 0 Å². The topological polar surface area (TPSA) is 61.5 Å². The predicted molar refractivity (Wildman–Crippen MR) is 60.2 cm³/mol. The van der Waals surface area contributed by atoms with E-state index in [1.165, 1.54) is 0 Å². The van der Waals surface area contributed by atoms with Gasteiger partial charge in [0.15, 0.2) is 17.3 Å². The number of fused-ring (bicyclic) bond motifs is 1. The van der Waals surface area contributed by atoms with Crippen LogP contribution in [0.25, 0.3) is 0 Å². The van der Waals surface area contributed by atoms with Gasteiger partial charge < -0.3 is 15.2 Å². The smallest absolute Gasteiger partial charge is 0.164 e. The number of benzene rings is 1. The molecule has 0 fully saturated rings. The van der Waals surface area contributed by atoms with Gasteiger partial charge in [-0.25, -0.2) is 0 Å². The van der Waals surface area contributed by atoms with Crippen molar-refractivity contribution < 1.29 is 14.3 Å². The molecule has 1 aromatic carbocycles. The van der Waals surface area contributed by atoms with Crippen molar-refractivity contribution in [2.75, 3.05) is 20.3 Å². The molecule has 1 aliphatic rings. The number of ketones is 1. The van der Waals surface area contributed by atoms with Crippen LogP contribution in [0.3, 0.4) is 0 Å². The van der Waals surface area contributed by atoms with E-state index in [0.717, 1.165) is 17.7 Å². The Morgan fingerprint density at radius 2 is 2.38 bits per heavy atom. The van der Waals surface area contributed by atoms with Crippen LogP contribution in [-0.2, 0) is 6.42 Å². The molecule has 2 N–H and O–H groups in total. The molecule has 0 bridgehead atoms. The Balaban J connectivity index is 2.38. The Labute approximate surface area is 94.3 Å². The lowest BCUT2D eigenvalue weighted by molar-refractivity contribution is 0.0985. The molecule has 0 atom stereocenters. The lowest BCUT2D eigenvalue weighted by Crippen LogP contribution is -2.08. The predicted octanol–water partition coefficient (Wildman–Crippen LogP) is 1.16. The number of hydrogen-bond acceptors (Lipinski definition) is 4. The third kappa shape index (κ3) is 1.88.